The van der Waals surface area contributed by atoms with Crippen molar-refractivity contribution in [1.82, 2.24) is 0 Å². The summed E-state index contributed by atoms with van der Waals surface area (Å²) in [4.78, 5) is 34.5. The highest BCUT2D eigenvalue weighted by Crippen LogP contribution is 2.23. The number of aryl methyl sites for hydroxylation is 1. The first-order valence-electron chi connectivity index (χ1n) is 13.9. The van der Waals surface area contributed by atoms with Crippen LogP contribution in [-0.2, 0) is 11.2 Å². The largest absolute Gasteiger partial charge is 0.494 e. The molecule has 0 atom stereocenters. The van der Waals surface area contributed by atoms with Crippen molar-refractivity contribution in [2.24, 2.45) is 10.2 Å². The summed E-state index contributed by atoms with van der Waals surface area (Å²) in [6, 6.07) is 18.8. The Kier molecular flexibility index (Phi) is 12.5. The van der Waals surface area contributed by atoms with E-state index in [1.54, 1.807) is 0 Å². The predicted molar refractivity (Wildman–Crippen MR) is 155 cm³/mol. The second kappa shape index (κ2) is 16.5. The number of carbonyl (C=O) groups is 3. The molecule has 0 aliphatic carbocycles. The molecule has 0 unspecified atom stereocenters. The number of ether oxygens (including phenoxy) is 2. The number of rotatable bonds is 17. The molecule has 0 fully saturated rings. The van der Waals surface area contributed by atoms with Crippen molar-refractivity contribution in [3.63, 3.8) is 0 Å². The van der Waals surface area contributed by atoms with E-state index in [2.05, 4.69) is 29.3 Å². The maximum Gasteiger partial charge on any atom is 0.335 e. The molecule has 0 heterocycles. The monoisotopic (exact) mass is 560 g/mol. The van der Waals surface area contributed by atoms with Crippen LogP contribution in [0.2, 0.25) is 0 Å². The van der Waals surface area contributed by atoms with E-state index < -0.39 is 17.9 Å². The third kappa shape index (κ3) is 11.2. The normalized spacial score (nSPS) is 11.0. The van der Waals surface area contributed by atoms with Crippen LogP contribution in [0.4, 0.5) is 11.4 Å². The summed E-state index contributed by atoms with van der Waals surface area (Å²) >= 11 is 0. The Morgan fingerprint density at radius 1 is 0.683 bits per heavy atom. The molecule has 2 N–H and O–H groups in total. The van der Waals surface area contributed by atoms with Gasteiger partial charge in [0.1, 0.15) is 11.5 Å². The zero-order valence-corrected chi connectivity index (χ0v) is 23.3. The molecule has 0 aromatic heterocycles. The van der Waals surface area contributed by atoms with Crippen molar-refractivity contribution < 1.29 is 34.1 Å². The topological polar surface area (TPSA) is 135 Å². The van der Waals surface area contributed by atoms with Gasteiger partial charge < -0.3 is 19.7 Å². The van der Waals surface area contributed by atoms with E-state index in [0.717, 1.165) is 42.4 Å². The summed E-state index contributed by atoms with van der Waals surface area (Å²) in [5.41, 5.74) is 2.33. The van der Waals surface area contributed by atoms with Gasteiger partial charge in [0.2, 0.25) is 0 Å². The molecule has 0 aliphatic heterocycles. The molecule has 3 aromatic carbocycles. The summed E-state index contributed by atoms with van der Waals surface area (Å²) in [6.07, 6.45) is 8.19. The van der Waals surface area contributed by atoms with E-state index in [0.29, 0.717) is 25.2 Å². The number of carbonyl (C=O) groups excluding carboxylic acids is 1. The Balaban J connectivity index is 1.33. The quantitative estimate of drug-likeness (QED) is 0.0735. The van der Waals surface area contributed by atoms with Crippen LogP contribution in [0.25, 0.3) is 0 Å². The van der Waals surface area contributed by atoms with E-state index >= 15 is 0 Å². The fourth-order valence-electron chi connectivity index (χ4n) is 4.04. The smallest absolute Gasteiger partial charge is 0.335 e. The lowest BCUT2D eigenvalue weighted by molar-refractivity contribution is -0.134. The molecule has 0 aliphatic rings. The summed E-state index contributed by atoms with van der Waals surface area (Å²) < 4.78 is 10.9. The number of benzene rings is 3. The van der Waals surface area contributed by atoms with Crippen molar-refractivity contribution in [3.05, 3.63) is 83.4 Å². The average Bonchev–Trinajstić information content (AvgIpc) is 2.97. The van der Waals surface area contributed by atoms with Crippen molar-refractivity contribution in [2.45, 2.75) is 64.7 Å². The molecule has 3 rings (SSSR count). The molecule has 0 saturated carbocycles. The second-order valence-electron chi connectivity index (χ2n) is 9.66. The van der Waals surface area contributed by atoms with Gasteiger partial charge in [-0.15, -0.1) is 0 Å². The highest BCUT2D eigenvalue weighted by atomic mass is 16.5. The van der Waals surface area contributed by atoms with E-state index in [9.17, 15) is 14.4 Å². The van der Waals surface area contributed by atoms with E-state index in [4.69, 9.17) is 19.7 Å². The van der Waals surface area contributed by atoms with Crippen LogP contribution >= 0.6 is 0 Å². The lowest BCUT2D eigenvalue weighted by Crippen LogP contribution is -2.10. The standard InChI is InChI=1S/C32H36N2O7/c1-2-3-4-6-9-23-11-13-26(14-12-23)33-34-27-15-17-28(18-16-27)40-19-8-5-7-10-30(35)41-29-21-24(31(36)37)20-25(22-29)32(38)39/h11-18,20-22H,2-10,19H2,1H3,(H,36,37)(H,38,39). The van der Waals surface area contributed by atoms with E-state index in [1.807, 2.05) is 36.4 Å². The highest BCUT2D eigenvalue weighted by Gasteiger charge is 2.14. The van der Waals surface area contributed by atoms with Crippen LogP contribution < -0.4 is 9.47 Å². The van der Waals surface area contributed by atoms with Crippen molar-refractivity contribution in [1.29, 1.82) is 0 Å². The minimum atomic E-state index is -1.31. The summed E-state index contributed by atoms with van der Waals surface area (Å²) in [5, 5.41) is 26.8. The van der Waals surface area contributed by atoms with Crippen LogP contribution in [0.15, 0.2) is 77.0 Å². The van der Waals surface area contributed by atoms with Gasteiger partial charge >= 0.3 is 17.9 Å². The Hall–Kier alpha value is -4.53. The van der Waals surface area contributed by atoms with Gasteiger partial charge in [-0.05, 0) is 92.3 Å². The molecule has 0 spiro atoms. The fourth-order valence-corrected chi connectivity index (χ4v) is 4.04. The molecule has 0 saturated heterocycles. The molecule has 216 valence electrons. The lowest BCUT2D eigenvalue weighted by Gasteiger charge is -2.08. The van der Waals surface area contributed by atoms with E-state index in [1.165, 1.54) is 31.2 Å². The van der Waals surface area contributed by atoms with Crippen LogP contribution in [0.5, 0.6) is 11.5 Å². The molecule has 3 aromatic rings. The van der Waals surface area contributed by atoms with Crippen LogP contribution in [0.1, 0.15) is 84.6 Å². The summed E-state index contributed by atoms with van der Waals surface area (Å²) in [7, 11) is 0. The third-order valence-electron chi connectivity index (χ3n) is 6.30. The van der Waals surface area contributed by atoms with Gasteiger partial charge in [0, 0.05) is 6.42 Å². The van der Waals surface area contributed by atoms with Gasteiger partial charge in [0.05, 0.1) is 29.1 Å². The third-order valence-corrected chi connectivity index (χ3v) is 6.30. The first-order valence-corrected chi connectivity index (χ1v) is 13.9. The number of aromatic carboxylic acids is 2. The molecule has 0 amide bonds. The second-order valence-corrected chi connectivity index (χ2v) is 9.66. The Morgan fingerprint density at radius 3 is 1.85 bits per heavy atom. The van der Waals surface area contributed by atoms with Gasteiger partial charge in [-0.2, -0.15) is 10.2 Å². The first kappa shape index (κ1) is 31.0. The van der Waals surface area contributed by atoms with Gasteiger partial charge in [0.25, 0.3) is 0 Å². The molecule has 0 radical (unpaired) electrons. The number of carboxylic acid groups (broad SMARTS) is 2. The molecular formula is C32H36N2O7. The molecule has 0 bridgehead atoms. The number of unbranched alkanes of at least 4 members (excludes halogenated alkanes) is 5. The molecule has 9 heteroatoms. The first-order chi connectivity index (χ1) is 19.8. The Bertz CT molecular complexity index is 1290. The fraction of sp³-hybridized carbons (Fsp3) is 0.344. The van der Waals surface area contributed by atoms with Crippen LogP contribution in [-0.4, -0.2) is 34.7 Å². The molecule has 9 nitrogen and oxygen atoms in total. The van der Waals surface area contributed by atoms with Crippen LogP contribution in [0.3, 0.4) is 0 Å². The lowest BCUT2D eigenvalue weighted by atomic mass is 10.1. The van der Waals surface area contributed by atoms with E-state index in [-0.39, 0.29) is 23.3 Å². The average molecular weight is 561 g/mol. The minimum absolute atomic E-state index is 0.107. The zero-order valence-electron chi connectivity index (χ0n) is 23.3. The Labute approximate surface area is 239 Å². The van der Waals surface area contributed by atoms with Crippen molar-refractivity contribution in [3.8, 4) is 11.5 Å². The zero-order chi connectivity index (χ0) is 29.5. The van der Waals surface area contributed by atoms with Gasteiger partial charge in [-0.1, -0.05) is 38.3 Å². The Morgan fingerprint density at radius 2 is 1.27 bits per heavy atom. The van der Waals surface area contributed by atoms with Crippen LogP contribution in [0, 0.1) is 0 Å². The number of azo groups is 1. The molecule has 41 heavy (non-hydrogen) atoms. The van der Waals surface area contributed by atoms with Gasteiger partial charge in [0.15, 0.2) is 0 Å². The molecular weight excluding hydrogens is 524 g/mol. The summed E-state index contributed by atoms with van der Waals surface area (Å²) in [6.45, 7) is 2.69. The number of hydrogen-bond acceptors (Lipinski definition) is 7. The van der Waals surface area contributed by atoms with Crippen molar-refractivity contribution in [2.75, 3.05) is 6.61 Å². The number of hydrogen-bond donors (Lipinski definition) is 2. The highest BCUT2D eigenvalue weighted by molar-refractivity contribution is 5.94. The van der Waals surface area contributed by atoms with Gasteiger partial charge in [-0.25, -0.2) is 9.59 Å². The number of carboxylic acids is 2. The van der Waals surface area contributed by atoms with Crippen molar-refractivity contribution >= 4 is 29.3 Å². The maximum atomic E-state index is 12.1. The predicted octanol–water partition coefficient (Wildman–Crippen LogP) is 8.17. The maximum absolute atomic E-state index is 12.1. The summed E-state index contributed by atoms with van der Waals surface area (Å²) in [5.74, 6) is -2.57. The number of esters is 1. The number of nitrogens with zero attached hydrogens (tertiary/aromatic N) is 2. The minimum Gasteiger partial charge on any atom is -0.494 e. The SMILES string of the molecule is CCCCCCc1ccc(N=Nc2ccc(OCCCCCC(=O)Oc3cc(C(=O)O)cc(C(=O)O)c3)cc2)cc1. The van der Waals surface area contributed by atoms with Gasteiger partial charge in [-0.3, -0.25) is 4.79 Å².